The fourth-order valence-electron chi connectivity index (χ4n) is 4.73. The summed E-state index contributed by atoms with van der Waals surface area (Å²) in [5, 5.41) is 3.06. The van der Waals surface area contributed by atoms with Gasteiger partial charge in [-0.3, -0.25) is 9.69 Å². The van der Waals surface area contributed by atoms with Gasteiger partial charge in [-0.25, -0.2) is 4.39 Å². The maximum Gasteiger partial charge on any atom is 0.419 e. The van der Waals surface area contributed by atoms with Crippen LogP contribution in [0.15, 0.2) is 18.2 Å². The number of nitrogens with one attached hydrogen (secondary N) is 1. The fourth-order valence-corrected chi connectivity index (χ4v) is 4.73. The van der Waals surface area contributed by atoms with Gasteiger partial charge in [-0.15, -0.1) is 0 Å². The lowest BCUT2D eigenvalue weighted by Gasteiger charge is -2.37. The lowest BCUT2D eigenvalue weighted by Crippen LogP contribution is -2.47. The molecule has 3 rings (SSSR count). The highest BCUT2D eigenvalue weighted by molar-refractivity contribution is 5.77. The van der Waals surface area contributed by atoms with Gasteiger partial charge in [0.1, 0.15) is 6.61 Å². The third-order valence-corrected chi connectivity index (χ3v) is 6.64. The quantitative estimate of drug-likeness (QED) is 0.425. The van der Waals surface area contributed by atoms with Gasteiger partial charge in [0, 0.05) is 38.8 Å². The van der Waals surface area contributed by atoms with Crippen molar-refractivity contribution in [2.75, 3.05) is 50.8 Å². The van der Waals surface area contributed by atoms with Gasteiger partial charge in [0.15, 0.2) is 5.82 Å². The van der Waals surface area contributed by atoms with Crippen LogP contribution in [0.3, 0.4) is 0 Å². The third-order valence-electron chi connectivity index (χ3n) is 6.64. The average Bonchev–Trinajstić information content (AvgIpc) is 2.79. The zero-order valence-electron chi connectivity index (χ0n) is 19.3. The normalized spacial score (nSPS) is 22.4. The van der Waals surface area contributed by atoms with E-state index in [1.54, 1.807) is 4.90 Å². The maximum atomic E-state index is 14.4. The predicted octanol–water partition coefficient (Wildman–Crippen LogP) is 4.46. The van der Waals surface area contributed by atoms with Crippen molar-refractivity contribution >= 4 is 11.6 Å². The van der Waals surface area contributed by atoms with Crippen LogP contribution in [0, 0.1) is 11.7 Å². The second kappa shape index (κ2) is 12.0. The zero-order valence-corrected chi connectivity index (χ0v) is 19.3. The first-order chi connectivity index (χ1) is 15.8. The molecule has 0 radical (unpaired) electrons. The van der Waals surface area contributed by atoms with Crippen LogP contribution in [0.25, 0.3) is 0 Å². The highest BCUT2D eigenvalue weighted by Crippen LogP contribution is 2.35. The van der Waals surface area contributed by atoms with Crippen molar-refractivity contribution in [3.63, 3.8) is 0 Å². The minimum atomic E-state index is -4.69. The standard InChI is InChI=1S/C24H35F4N3O2/c1-2-16-33-17-22(32)29-19-8-6-18(7-9-19)10-11-30-12-14-31(15-13-30)21-5-3-4-20(23(21)25)24(26,27)28/h3-5,18-19H,2,6-17H2,1H3,(H,29,32)/t18-,19-. The Kier molecular flexibility index (Phi) is 9.37. The van der Waals surface area contributed by atoms with Crippen LogP contribution >= 0.6 is 0 Å². The topological polar surface area (TPSA) is 44.8 Å². The molecule has 1 N–H and O–H groups in total. The number of hydrogen-bond acceptors (Lipinski definition) is 4. The van der Waals surface area contributed by atoms with Crippen molar-refractivity contribution < 1.29 is 27.1 Å². The first-order valence-corrected chi connectivity index (χ1v) is 12.0. The van der Waals surface area contributed by atoms with Crippen molar-refractivity contribution in [3.05, 3.63) is 29.6 Å². The van der Waals surface area contributed by atoms with E-state index in [0.29, 0.717) is 38.7 Å². The number of hydrogen-bond donors (Lipinski definition) is 1. The van der Waals surface area contributed by atoms with E-state index >= 15 is 0 Å². The van der Waals surface area contributed by atoms with E-state index in [-0.39, 0.29) is 24.2 Å². The average molecular weight is 474 g/mol. The van der Waals surface area contributed by atoms with Crippen molar-refractivity contribution in [1.82, 2.24) is 10.2 Å². The molecule has 1 heterocycles. The predicted molar refractivity (Wildman–Crippen MR) is 120 cm³/mol. The Hall–Kier alpha value is -1.87. The Morgan fingerprint density at radius 2 is 1.82 bits per heavy atom. The summed E-state index contributed by atoms with van der Waals surface area (Å²) in [4.78, 5) is 15.9. The van der Waals surface area contributed by atoms with E-state index in [2.05, 4.69) is 10.2 Å². The molecule has 1 saturated carbocycles. The molecule has 1 aliphatic heterocycles. The molecule has 1 aliphatic carbocycles. The number of nitrogens with zero attached hydrogens (tertiary/aromatic N) is 2. The van der Waals surface area contributed by atoms with Crippen LogP contribution in [-0.4, -0.2) is 62.8 Å². The fraction of sp³-hybridized carbons (Fsp3) is 0.708. The number of anilines is 1. The molecule has 1 saturated heterocycles. The van der Waals surface area contributed by atoms with E-state index in [4.69, 9.17) is 4.74 Å². The molecule has 0 atom stereocenters. The van der Waals surface area contributed by atoms with Crippen LogP contribution < -0.4 is 10.2 Å². The third kappa shape index (κ3) is 7.57. The van der Waals surface area contributed by atoms with Crippen LogP contribution in [0.2, 0.25) is 0 Å². The van der Waals surface area contributed by atoms with Crippen LogP contribution in [0.1, 0.15) is 51.0 Å². The Bertz CT molecular complexity index is 759. The summed E-state index contributed by atoms with van der Waals surface area (Å²) in [6.07, 6.45) is 1.40. The number of benzene rings is 1. The molecular formula is C24H35F4N3O2. The zero-order chi connectivity index (χ0) is 23.8. The Labute approximate surface area is 193 Å². The molecule has 2 fully saturated rings. The number of alkyl halides is 3. The molecule has 5 nitrogen and oxygen atoms in total. The summed E-state index contributed by atoms with van der Waals surface area (Å²) in [6.45, 7) is 6.11. The number of carbonyl (C=O) groups is 1. The minimum absolute atomic E-state index is 0.0324. The van der Waals surface area contributed by atoms with Gasteiger partial charge in [-0.05, 0) is 63.1 Å². The summed E-state index contributed by atoms with van der Waals surface area (Å²) in [5.41, 5.74) is -1.17. The molecule has 33 heavy (non-hydrogen) atoms. The second-order valence-corrected chi connectivity index (χ2v) is 9.09. The van der Waals surface area contributed by atoms with E-state index in [1.807, 2.05) is 6.92 Å². The first-order valence-electron chi connectivity index (χ1n) is 12.0. The molecule has 0 bridgehead atoms. The number of halogens is 4. The van der Waals surface area contributed by atoms with Crippen LogP contribution in [0.4, 0.5) is 23.2 Å². The highest BCUT2D eigenvalue weighted by atomic mass is 19.4. The second-order valence-electron chi connectivity index (χ2n) is 9.09. The van der Waals surface area contributed by atoms with Crippen LogP contribution in [0.5, 0.6) is 0 Å². The van der Waals surface area contributed by atoms with E-state index in [1.165, 1.54) is 12.1 Å². The Morgan fingerprint density at radius 3 is 2.45 bits per heavy atom. The van der Waals surface area contributed by atoms with Gasteiger partial charge >= 0.3 is 6.18 Å². The molecule has 0 unspecified atom stereocenters. The summed E-state index contributed by atoms with van der Waals surface area (Å²) in [6, 6.07) is 3.71. The van der Waals surface area contributed by atoms with Gasteiger partial charge in [-0.1, -0.05) is 13.0 Å². The monoisotopic (exact) mass is 473 g/mol. The molecule has 2 aliphatic rings. The Balaban J connectivity index is 1.36. The van der Waals surface area contributed by atoms with E-state index < -0.39 is 17.6 Å². The largest absolute Gasteiger partial charge is 0.419 e. The first kappa shape index (κ1) is 25.7. The van der Waals surface area contributed by atoms with Gasteiger partial charge in [-0.2, -0.15) is 13.2 Å². The van der Waals surface area contributed by atoms with Gasteiger partial charge < -0.3 is 15.0 Å². The molecule has 9 heteroatoms. The van der Waals surface area contributed by atoms with Crippen molar-refractivity contribution in [2.45, 2.75) is 57.7 Å². The summed E-state index contributed by atoms with van der Waals surface area (Å²) in [7, 11) is 0. The number of ether oxygens (including phenoxy) is 1. The van der Waals surface area contributed by atoms with Gasteiger partial charge in [0.2, 0.25) is 5.91 Å². The Morgan fingerprint density at radius 1 is 1.12 bits per heavy atom. The SMILES string of the molecule is CCCOCC(=O)N[C@H]1CC[C@H](CCN2CCN(c3cccc(C(F)(F)F)c3F)CC2)CC1. The lowest BCUT2D eigenvalue weighted by molar-refractivity contribution is -0.140. The van der Waals surface area contributed by atoms with Gasteiger partial charge in [0.05, 0.1) is 11.3 Å². The van der Waals surface area contributed by atoms with Crippen molar-refractivity contribution in [3.8, 4) is 0 Å². The van der Waals surface area contributed by atoms with Gasteiger partial charge in [0.25, 0.3) is 0 Å². The summed E-state index contributed by atoms with van der Waals surface area (Å²) < 4.78 is 58.7. The van der Waals surface area contributed by atoms with Crippen molar-refractivity contribution in [2.24, 2.45) is 5.92 Å². The number of amides is 1. The van der Waals surface area contributed by atoms with Crippen LogP contribution in [-0.2, 0) is 15.7 Å². The maximum absolute atomic E-state index is 14.4. The summed E-state index contributed by atoms with van der Waals surface area (Å²) in [5.74, 6) is -0.602. The number of piperazine rings is 1. The van der Waals surface area contributed by atoms with Crippen molar-refractivity contribution in [1.29, 1.82) is 0 Å². The lowest BCUT2D eigenvalue weighted by atomic mass is 9.84. The molecule has 186 valence electrons. The minimum Gasteiger partial charge on any atom is -0.372 e. The number of rotatable bonds is 9. The molecule has 1 aromatic rings. The summed E-state index contributed by atoms with van der Waals surface area (Å²) >= 11 is 0. The number of carbonyl (C=O) groups excluding carboxylic acids is 1. The van der Waals surface area contributed by atoms with E-state index in [0.717, 1.165) is 51.1 Å². The van der Waals surface area contributed by atoms with E-state index in [9.17, 15) is 22.4 Å². The molecule has 0 spiro atoms. The molecule has 1 amide bonds. The molecular weight excluding hydrogens is 438 g/mol. The smallest absolute Gasteiger partial charge is 0.372 e. The highest BCUT2D eigenvalue weighted by Gasteiger charge is 2.36. The molecule has 1 aromatic carbocycles. The molecule has 0 aromatic heterocycles.